The van der Waals surface area contributed by atoms with Crippen molar-refractivity contribution < 1.29 is 9.90 Å². The molecule has 0 saturated carbocycles. The quantitative estimate of drug-likeness (QED) is 0.749. The van der Waals surface area contributed by atoms with E-state index in [1.807, 2.05) is 29.6 Å². The predicted molar refractivity (Wildman–Crippen MR) is 62.6 cm³/mol. The number of hydrogen-bond acceptors (Lipinski definition) is 4. The van der Waals surface area contributed by atoms with Gasteiger partial charge in [-0.25, -0.2) is 0 Å². The van der Waals surface area contributed by atoms with Crippen molar-refractivity contribution in [1.29, 1.82) is 0 Å². The van der Waals surface area contributed by atoms with E-state index in [1.165, 1.54) is 0 Å². The molecule has 0 amide bonds. The number of nitrogens with one attached hydrogen (secondary N) is 1. The molecule has 1 fully saturated rings. The summed E-state index contributed by atoms with van der Waals surface area (Å²) < 4.78 is 1.82. The van der Waals surface area contributed by atoms with E-state index in [0.29, 0.717) is 13.1 Å². The summed E-state index contributed by atoms with van der Waals surface area (Å²) in [6.45, 7) is 4.67. The van der Waals surface area contributed by atoms with Gasteiger partial charge in [0.05, 0.1) is 11.4 Å². The first-order valence-electron chi connectivity index (χ1n) is 5.75. The Hall–Kier alpha value is -1.40. The summed E-state index contributed by atoms with van der Waals surface area (Å²) in [5.74, 6) is -0.768. The smallest absolute Gasteiger partial charge is 0.322 e. The lowest BCUT2D eigenvalue weighted by molar-refractivity contribution is -0.144. The lowest BCUT2D eigenvalue weighted by Gasteiger charge is -2.33. The molecule has 2 rings (SSSR count). The molecule has 6 nitrogen and oxygen atoms in total. The van der Waals surface area contributed by atoms with Crippen molar-refractivity contribution in [3.05, 3.63) is 17.5 Å². The van der Waals surface area contributed by atoms with Crippen molar-refractivity contribution in [2.75, 3.05) is 19.6 Å². The first-order valence-corrected chi connectivity index (χ1v) is 5.75. The van der Waals surface area contributed by atoms with Gasteiger partial charge in [-0.2, -0.15) is 5.10 Å². The summed E-state index contributed by atoms with van der Waals surface area (Å²) >= 11 is 0. The second-order valence-corrected chi connectivity index (χ2v) is 4.43. The molecule has 1 atom stereocenters. The molecule has 94 valence electrons. The van der Waals surface area contributed by atoms with E-state index in [4.69, 9.17) is 5.11 Å². The van der Waals surface area contributed by atoms with E-state index in [2.05, 4.69) is 10.4 Å². The minimum Gasteiger partial charge on any atom is -0.480 e. The summed E-state index contributed by atoms with van der Waals surface area (Å²) in [7, 11) is 1.89. The molecule has 0 radical (unpaired) electrons. The fraction of sp³-hybridized carbons (Fsp3) is 0.636. The highest BCUT2D eigenvalue weighted by molar-refractivity contribution is 5.73. The zero-order valence-corrected chi connectivity index (χ0v) is 10.2. The number of carbonyl (C=O) groups is 1. The largest absolute Gasteiger partial charge is 0.480 e. The standard InChI is InChI=1S/C11H18N4O2/c1-8-5-9(14(2)13-8)7-15-4-3-12-6-10(15)11(16)17/h5,10,12H,3-4,6-7H2,1-2H3,(H,16,17). The average Bonchev–Trinajstić information content (AvgIpc) is 2.58. The molecule has 0 spiro atoms. The molecule has 17 heavy (non-hydrogen) atoms. The van der Waals surface area contributed by atoms with Crippen LogP contribution in [0.15, 0.2) is 6.07 Å². The van der Waals surface area contributed by atoms with E-state index in [1.54, 1.807) is 0 Å². The topological polar surface area (TPSA) is 70.4 Å². The average molecular weight is 238 g/mol. The molecule has 1 aromatic heterocycles. The number of aliphatic carboxylic acids is 1. The molecule has 1 aliphatic heterocycles. The van der Waals surface area contributed by atoms with Gasteiger partial charge >= 0.3 is 5.97 Å². The Morgan fingerprint density at radius 3 is 3.06 bits per heavy atom. The van der Waals surface area contributed by atoms with Gasteiger partial charge in [0.1, 0.15) is 6.04 Å². The number of hydrogen-bond donors (Lipinski definition) is 2. The third-order valence-electron chi connectivity index (χ3n) is 3.10. The summed E-state index contributed by atoms with van der Waals surface area (Å²) in [5.41, 5.74) is 2.01. The van der Waals surface area contributed by atoms with E-state index in [0.717, 1.165) is 24.5 Å². The van der Waals surface area contributed by atoms with Crippen molar-refractivity contribution in [2.45, 2.75) is 19.5 Å². The second kappa shape index (κ2) is 4.85. The molecule has 1 unspecified atom stereocenters. The van der Waals surface area contributed by atoms with Gasteiger partial charge in [-0.1, -0.05) is 0 Å². The van der Waals surface area contributed by atoms with Crippen molar-refractivity contribution in [2.24, 2.45) is 7.05 Å². The number of rotatable bonds is 3. The SMILES string of the molecule is Cc1cc(CN2CCNCC2C(=O)O)n(C)n1. The van der Waals surface area contributed by atoms with E-state index in [-0.39, 0.29) is 0 Å². The fourth-order valence-corrected chi connectivity index (χ4v) is 2.20. The van der Waals surface area contributed by atoms with Gasteiger partial charge in [-0.3, -0.25) is 14.4 Å². The normalized spacial score (nSPS) is 21.6. The van der Waals surface area contributed by atoms with Crippen molar-refractivity contribution >= 4 is 5.97 Å². The number of piperazine rings is 1. The zero-order valence-electron chi connectivity index (χ0n) is 10.2. The van der Waals surface area contributed by atoms with E-state index in [9.17, 15) is 4.79 Å². The molecule has 0 bridgehead atoms. The summed E-state index contributed by atoms with van der Waals surface area (Å²) in [4.78, 5) is 13.1. The Morgan fingerprint density at radius 1 is 1.71 bits per heavy atom. The highest BCUT2D eigenvalue weighted by Gasteiger charge is 2.28. The number of carboxylic acids is 1. The van der Waals surface area contributed by atoms with Crippen LogP contribution in [-0.2, 0) is 18.4 Å². The highest BCUT2D eigenvalue weighted by Crippen LogP contribution is 2.11. The first kappa shape index (κ1) is 12.1. The molecule has 0 aliphatic carbocycles. The molecular formula is C11H18N4O2. The van der Waals surface area contributed by atoms with Gasteiger partial charge in [0.25, 0.3) is 0 Å². The number of aryl methyl sites for hydroxylation is 2. The van der Waals surface area contributed by atoms with Crippen molar-refractivity contribution in [3.63, 3.8) is 0 Å². The van der Waals surface area contributed by atoms with Gasteiger partial charge in [-0.15, -0.1) is 0 Å². The lowest BCUT2D eigenvalue weighted by atomic mass is 10.2. The number of aromatic nitrogens is 2. The summed E-state index contributed by atoms with van der Waals surface area (Å²) in [6, 6.07) is 1.56. The molecule has 0 aromatic carbocycles. The molecule has 2 heterocycles. The van der Waals surface area contributed by atoms with Gasteiger partial charge in [0.15, 0.2) is 0 Å². The van der Waals surface area contributed by atoms with Crippen LogP contribution in [0.4, 0.5) is 0 Å². The molecular weight excluding hydrogens is 220 g/mol. The van der Waals surface area contributed by atoms with Gasteiger partial charge in [0.2, 0.25) is 0 Å². The molecule has 1 saturated heterocycles. The van der Waals surface area contributed by atoms with Crippen LogP contribution in [0.3, 0.4) is 0 Å². The van der Waals surface area contributed by atoms with E-state index >= 15 is 0 Å². The minimum atomic E-state index is -0.768. The predicted octanol–water partition coefficient (Wildman–Crippen LogP) is -0.413. The second-order valence-electron chi connectivity index (χ2n) is 4.43. The van der Waals surface area contributed by atoms with Gasteiger partial charge < -0.3 is 10.4 Å². The Labute approximate surface area is 100 Å². The summed E-state index contributed by atoms with van der Waals surface area (Å²) in [6.07, 6.45) is 0. The van der Waals surface area contributed by atoms with Gasteiger partial charge in [0, 0.05) is 33.2 Å². The summed E-state index contributed by atoms with van der Waals surface area (Å²) in [5, 5.41) is 16.5. The van der Waals surface area contributed by atoms with E-state index < -0.39 is 12.0 Å². The number of carboxylic acid groups (broad SMARTS) is 1. The zero-order chi connectivity index (χ0) is 12.4. The van der Waals surface area contributed by atoms with Crippen LogP contribution in [0.5, 0.6) is 0 Å². The highest BCUT2D eigenvalue weighted by atomic mass is 16.4. The number of nitrogens with zero attached hydrogens (tertiary/aromatic N) is 3. The van der Waals surface area contributed by atoms with Crippen LogP contribution in [-0.4, -0.2) is 51.4 Å². The van der Waals surface area contributed by atoms with Gasteiger partial charge in [-0.05, 0) is 13.0 Å². The van der Waals surface area contributed by atoms with Crippen LogP contribution in [0, 0.1) is 6.92 Å². The third-order valence-corrected chi connectivity index (χ3v) is 3.10. The molecule has 1 aliphatic rings. The monoisotopic (exact) mass is 238 g/mol. The Bertz CT molecular complexity index is 416. The van der Waals surface area contributed by atoms with Crippen LogP contribution in [0.2, 0.25) is 0 Å². The Morgan fingerprint density at radius 2 is 2.47 bits per heavy atom. The first-order chi connectivity index (χ1) is 8.08. The van der Waals surface area contributed by atoms with Crippen LogP contribution in [0.25, 0.3) is 0 Å². The Balaban J connectivity index is 2.10. The molecule has 1 aromatic rings. The molecule has 6 heteroatoms. The van der Waals surface area contributed by atoms with Crippen molar-refractivity contribution in [1.82, 2.24) is 20.0 Å². The van der Waals surface area contributed by atoms with Crippen LogP contribution >= 0.6 is 0 Å². The van der Waals surface area contributed by atoms with Crippen molar-refractivity contribution in [3.8, 4) is 0 Å². The fourth-order valence-electron chi connectivity index (χ4n) is 2.20. The van der Waals surface area contributed by atoms with Crippen LogP contribution in [0.1, 0.15) is 11.4 Å². The maximum Gasteiger partial charge on any atom is 0.322 e. The minimum absolute atomic E-state index is 0.445. The third kappa shape index (κ3) is 2.65. The Kier molecular flexibility index (Phi) is 3.44. The molecule has 2 N–H and O–H groups in total. The van der Waals surface area contributed by atoms with Crippen LogP contribution < -0.4 is 5.32 Å². The maximum absolute atomic E-state index is 11.1. The maximum atomic E-state index is 11.1. The lowest BCUT2D eigenvalue weighted by Crippen LogP contribution is -2.54.